The largest absolute Gasteiger partial charge is 0.310 e. The van der Waals surface area contributed by atoms with Crippen molar-refractivity contribution in [2.45, 2.75) is 19.3 Å². The molecule has 2 aliphatic rings. The quantitative estimate of drug-likeness (QED) is 0.503. The highest BCUT2D eigenvalue weighted by Crippen LogP contribution is 2.49. The molecule has 0 saturated carbocycles. The lowest BCUT2D eigenvalue weighted by molar-refractivity contribution is 0.790. The molecule has 26 heavy (non-hydrogen) atoms. The molecule has 126 valence electrons. The van der Waals surface area contributed by atoms with Crippen LogP contribution in [0.2, 0.25) is 0 Å². The minimum atomic E-state index is 1.13. The van der Waals surface area contributed by atoms with Crippen molar-refractivity contribution in [2.24, 2.45) is 0 Å². The number of rotatable bonds is 2. The molecular weight excluding hydrogens is 314 g/mol. The molecule has 0 atom stereocenters. The zero-order chi connectivity index (χ0) is 17.3. The summed E-state index contributed by atoms with van der Waals surface area (Å²) in [5.74, 6) is 0. The van der Waals surface area contributed by atoms with Gasteiger partial charge in [0.15, 0.2) is 0 Å². The lowest BCUT2D eigenvalue weighted by atomic mass is 9.82. The van der Waals surface area contributed by atoms with E-state index in [4.69, 9.17) is 0 Å². The van der Waals surface area contributed by atoms with Gasteiger partial charge in [-0.1, -0.05) is 72.8 Å². The lowest BCUT2D eigenvalue weighted by Crippen LogP contribution is -2.25. The van der Waals surface area contributed by atoms with Crippen LogP contribution in [-0.2, 0) is 0 Å². The second kappa shape index (κ2) is 6.34. The molecule has 0 unspecified atom stereocenters. The lowest BCUT2D eigenvalue weighted by Gasteiger charge is -2.38. The molecular formula is C25H21N. The summed E-state index contributed by atoms with van der Waals surface area (Å²) in [5.41, 5.74) is 9.39. The van der Waals surface area contributed by atoms with Crippen LogP contribution in [-0.4, -0.2) is 0 Å². The van der Waals surface area contributed by atoms with Gasteiger partial charge in [0.1, 0.15) is 0 Å². The van der Waals surface area contributed by atoms with Gasteiger partial charge in [-0.15, -0.1) is 0 Å². The van der Waals surface area contributed by atoms with Gasteiger partial charge in [0.25, 0.3) is 0 Å². The van der Waals surface area contributed by atoms with Crippen molar-refractivity contribution in [3.8, 4) is 0 Å². The summed E-state index contributed by atoms with van der Waals surface area (Å²) in [6.07, 6.45) is 5.92. The summed E-state index contributed by atoms with van der Waals surface area (Å²) in [7, 11) is 0. The van der Waals surface area contributed by atoms with Gasteiger partial charge in [0.05, 0.1) is 5.69 Å². The highest BCUT2D eigenvalue weighted by Gasteiger charge is 2.31. The maximum absolute atomic E-state index is 2.44. The predicted octanol–water partition coefficient (Wildman–Crippen LogP) is 6.71. The van der Waals surface area contributed by atoms with E-state index in [0.29, 0.717) is 0 Å². The molecule has 0 amide bonds. The normalized spacial score (nSPS) is 16.0. The molecule has 0 fully saturated rings. The molecule has 1 nitrogen and oxygen atoms in total. The van der Waals surface area contributed by atoms with Crippen molar-refractivity contribution in [3.63, 3.8) is 0 Å². The van der Waals surface area contributed by atoms with Crippen molar-refractivity contribution in [1.82, 2.24) is 0 Å². The first-order valence-corrected chi connectivity index (χ1v) is 9.37. The van der Waals surface area contributed by atoms with Crippen LogP contribution in [0, 0.1) is 0 Å². The van der Waals surface area contributed by atoms with E-state index in [-0.39, 0.29) is 0 Å². The predicted molar refractivity (Wildman–Crippen MR) is 109 cm³/mol. The molecule has 0 aromatic heterocycles. The first-order valence-electron chi connectivity index (χ1n) is 9.37. The Morgan fingerprint density at radius 1 is 0.692 bits per heavy atom. The minimum absolute atomic E-state index is 1.13. The summed E-state index contributed by atoms with van der Waals surface area (Å²) in [6, 6.07) is 30.4. The molecule has 0 N–H and O–H groups in total. The second-order valence-electron chi connectivity index (χ2n) is 6.89. The van der Waals surface area contributed by atoms with Gasteiger partial charge < -0.3 is 4.90 Å². The average Bonchev–Trinajstić information content (AvgIpc) is 2.73. The fourth-order valence-corrected chi connectivity index (χ4v) is 4.21. The van der Waals surface area contributed by atoms with E-state index in [2.05, 4.69) is 95.9 Å². The van der Waals surface area contributed by atoms with Crippen LogP contribution in [0.15, 0.2) is 102 Å². The van der Waals surface area contributed by atoms with Crippen LogP contribution in [0.3, 0.4) is 0 Å². The fourth-order valence-electron chi connectivity index (χ4n) is 4.21. The van der Waals surface area contributed by atoms with Crippen LogP contribution in [0.25, 0.3) is 5.57 Å². The molecule has 1 heteroatoms. The summed E-state index contributed by atoms with van der Waals surface area (Å²) in [5, 5.41) is 0. The van der Waals surface area contributed by atoms with Gasteiger partial charge in [-0.05, 0) is 54.2 Å². The van der Waals surface area contributed by atoms with Crippen LogP contribution < -0.4 is 4.90 Å². The van der Waals surface area contributed by atoms with Crippen molar-refractivity contribution < 1.29 is 0 Å². The van der Waals surface area contributed by atoms with E-state index in [1.165, 1.54) is 45.8 Å². The summed E-state index contributed by atoms with van der Waals surface area (Å²) < 4.78 is 0. The van der Waals surface area contributed by atoms with E-state index in [0.717, 1.165) is 12.8 Å². The Kier molecular flexibility index (Phi) is 3.71. The van der Waals surface area contributed by atoms with Gasteiger partial charge in [0, 0.05) is 16.9 Å². The van der Waals surface area contributed by atoms with Gasteiger partial charge in [0.2, 0.25) is 0 Å². The standard InChI is InChI=1S/C25H21N/c1-3-11-19(12-4-1)25-21-15-7-9-17-23(21)26(20-13-5-2-6-14-20)24-18-10-8-16-22(24)25/h1-7,9,11-15,17-18H,8,10,16H2. The Labute approximate surface area is 154 Å². The Bertz CT molecular complexity index is 997. The second-order valence-corrected chi connectivity index (χ2v) is 6.89. The summed E-state index contributed by atoms with van der Waals surface area (Å²) >= 11 is 0. The topological polar surface area (TPSA) is 3.24 Å². The Balaban J connectivity index is 1.81. The molecule has 1 aliphatic carbocycles. The van der Waals surface area contributed by atoms with Crippen molar-refractivity contribution in [3.05, 3.63) is 113 Å². The molecule has 0 radical (unpaired) electrons. The number of allylic oxidation sites excluding steroid dienone is 2. The van der Waals surface area contributed by atoms with Crippen LogP contribution >= 0.6 is 0 Å². The number of nitrogens with zero attached hydrogens (tertiary/aromatic N) is 1. The number of anilines is 2. The number of para-hydroxylation sites is 2. The Morgan fingerprint density at radius 2 is 1.38 bits per heavy atom. The Hall–Kier alpha value is -3.06. The fraction of sp³-hybridized carbons (Fsp3) is 0.120. The maximum Gasteiger partial charge on any atom is 0.0540 e. The van der Waals surface area contributed by atoms with E-state index in [9.17, 15) is 0 Å². The van der Waals surface area contributed by atoms with E-state index in [1.807, 2.05) is 0 Å². The number of hydrogen-bond acceptors (Lipinski definition) is 1. The highest BCUT2D eigenvalue weighted by molar-refractivity contribution is 5.97. The molecule has 1 heterocycles. The number of hydrogen-bond donors (Lipinski definition) is 0. The van der Waals surface area contributed by atoms with E-state index in [1.54, 1.807) is 0 Å². The average molecular weight is 335 g/mol. The third-order valence-corrected chi connectivity index (χ3v) is 5.31. The monoisotopic (exact) mass is 335 g/mol. The van der Waals surface area contributed by atoms with Gasteiger partial charge in [-0.2, -0.15) is 0 Å². The van der Waals surface area contributed by atoms with Gasteiger partial charge in [-0.3, -0.25) is 0 Å². The zero-order valence-electron chi connectivity index (χ0n) is 14.7. The molecule has 3 aromatic carbocycles. The highest BCUT2D eigenvalue weighted by atomic mass is 15.2. The smallest absolute Gasteiger partial charge is 0.0540 e. The van der Waals surface area contributed by atoms with Crippen molar-refractivity contribution in [2.75, 3.05) is 4.90 Å². The molecule has 1 aliphatic heterocycles. The van der Waals surface area contributed by atoms with Gasteiger partial charge >= 0.3 is 0 Å². The first-order chi connectivity index (χ1) is 12.9. The number of benzene rings is 3. The SMILES string of the molecule is C1=C2C(=C(c3ccccc3)c3ccccc3N2c2ccccc2)CCC1. The first kappa shape index (κ1) is 15.2. The molecule has 0 saturated heterocycles. The van der Waals surface area contributed by atoms with Crippen molar-refractivity contribution >= 4 is 16.9 Å². The zero-order valence-corrected chi connectivity index (χ0v) is 14.7. The Morgan fingerprint density at radius 3 is 2.19 bits per heavy atom. The van der Waals surface area contributed by atoms with Crippen LogP contribution in [0.1, 0.15) is 30.4 Å². The van der Waals surface area contributed by atoms with E-state index < -0.39 is 0 Å². The van der Waals surface area contributed by atoms with E-state index >= 15 is 0 Å². The molecule has 3 aromatic rings. The van der Waals surface area contributed by atoms with Gasteiger partial charge in [-0.25, -0.2) is 0 Å². The van der Waals surface area contributed by atoms with Crippen molar-refractivity contribution in [1.29, 1.82) is 0 Å². The maximum atomic E-state index is 2.44. The summed E-state index contributed by atoms with van der Waals surface area (Å²) in [4.78, 5) is 2.44. The minimum Gasteiger partial charge on any atom is -0.310 e. The molecule has 0 bridgehead atoms. The third kappa shape index (κ3) is 2.40. The summed E-state index contributed by atoms with van der Waals surface area (Å²) in [6.45, 7) is 0. The molecule has 5 rings (SSSR count). The molecule has 0 spiro atoms. The van der Waals surface area contributed by atoms with Crippen LogP contribution in [0.5, 0.6) is 0 Å². The third-order valence-electron chi connectivity index (χ3n) is 5.31. The number of fused-ring (bicyclic) bond motifs is 2. The van der Waals surface area contributed by atoms with Crippen LogP contribution in [0.4, 0.5) is 11.4 Å².